The van der Waals surface area contributed by atoms with Gasteiger partial charge in [0.25, 0.3) is 5.69 Å². The number of aliphatic hydroxyl groups excluding tert-OH is 2. The molecule has 17 heavy (non-hydrogen) atoms. The lowest BCUT2D eigenvalue weighted by Crippen LogP contribution is -2.20. The maximum atomic E-state index is 10.8. The molecule has 0 heterocycles. The number of nitrogens with two attached hydrogens (primary N) is 1. The quantitative estimate of drug-likeness (QED) is 0.336. The van der Waals surface area contributed by atoms with Gasteiger partial charge in [-0.1, -0.05) is 22.0 Å². The molecule has 1 aromatic rings. The number of nitrogen functional groups attached to an aromatic ring is 1. The van der Waals surface area contributed by atoms with E-state index in [1.54, 1.807) is 6.92 Å². The van der Waals surface area contributed by atoms with Gasteiger partial charge in [-0.05, 0) is 18.1 Å². The second-order valence-corrected chi connectivity index (χ2v) is 4.34. The van der Waals surface area contributed by atoms with E-state index < -0.39 is 17.1 Å². The van der Waals surface area contributed by atoms with Crippen LogP contribution in [0.4, 0.5) is 11.4 Å². The molecule has 0 saturated heterocycles. The van der Waals surface area contributed by atoms with E-state index in [-0.39, 0.29) is 22.3 Å². The largest absolute Gasteiger partial charge is 0.393 e. The first kappa shape index (κ1) is 13.9. The number of alkyl halides is 1. The van der Waals surface area contributed by atoms with Gasteiger partial charge in [0.15, 0.2) is 0 Å². The monoisotopic (exact) mass is 304 g/mol. The van der Waals surface area contributed by atoms with Crippen molar-refractivity contribution in [1.82, 2.24) is 0 Å². The maximum absolute atomic E-state index is 10.8. The molecule has 2 atom stereocenters. The molecule has 0 aromatic heterocycles. The molecule has 0 aliphatic heterocycles. The summed E-state index contributed by atoms with van der Waals surface area (Å²) >= 11 is 3.02. The van der Waals surface area contributed by atoms with Crippen LogP contribution in [0.3, 0.4) is 0 Å². The Bertz CT molecular complexity index is 439. The van der Waals surface area contributed by atoms with Gasteiger partial charge in [-0.3, -0.25) is 10.1 Å². The van der Waals surface area contributed by atoms with Gasteiger partial charge in [0.2, 0.25) is 0 Å². The first-order valence-corrected chi connectivity index (χ1v) is 5.97. The normalized spacial score (nSPS) is 14.4. The molecule has 94 valence electrons. The van der Waals surface area contributed by atoms with Crippen LogP contribution in [0.15, 0.2) is 12.1 Å². The molecule has 0 spiro atoms. The lowest BCUT2D eigenvalue weighted by molar-refractivity contribution is -0.384. The third kappa shape index (κ3) is 2.93. The summed E-state index contributed by atoms with van der Waals surface area (Å²) in [6.07, 6.45) is -2.22. The minimum absolute atomic E-state index is 0.0688. The van der Waals surface area contributed by atoms with E-state index in [0.29, 0.717) is 5.56 Å². The average Bonchev–Trinajstić information content (AvgIpc) is 2.30. The zero-order valence-electron chi connectivity index (χ0n) is 9.13. The van der Waals surface area contributed by atoms with Gasteiger partial charge in [0.05, 0.1) is 11.0 Å². The van der Waals surface area contributed by atoms with Crippen molar-refractivity contribution < 1.29 is 15.1 Å². The van der Waals surface area contributed by atoms with Crippen molar-refractivity contribution in [2.45, 2.75) is 19.1 Å². The molecule has 0 fully saturated rings. The van der Waals surface area contributed by atoms with Crippen LogP contribution in [-0.2, 0) is 0 Å². The van der Waals surface area contributed by atoms with E-state index in [1.165, 1.54) is 12.1 Å². The van der Waals surface area contributed by atoms with Crippen LogP contribution in [0.25, 0.3) is 0 Å². The summed E-state index contributed by atoms with van der Waals surface area (Å²) in [5.41, 5.74) is 6.14. The van der Waals surface area contributed by atoms with E-state index in [1.807, 2.05) is 0 Å². The third-order valence-corrected chi connectivity index (χ3v) is 3.11. The molecule has 2 unspecified atom stereocenters. The predicted octanol–water partition coefficient (Wildman–Crippen LogP) is 1.27. The van der Waals surface area contributed by atoms with Crippen LogP contribution in [0.5, 0.6) is 0 Å². The number of nitrogens with zero attached hydrogens (tertiary/aromatic N) is 1. The lowest BCUT2D eigenvalue weighted by atomic mass is 10.0. The fourth-order valence-electron chi connectivity index (χ4n) is 1.44. The smallest absolute Gasteiger partial charge is 0.292 e. The molecule has 0 amide bonds. The van der Waals surface area contributed by atoms with Gasteiger partial charge in [-0.25, -0.2) is 0 Å². The van der Waals surface area contributed by atoms with Gasteiger partial charge >= 0.3 is 0 Å². The van der Waals surface area contributed by atoms with Crippen LogP contribution in [0.2, 0.25) is 0 Å². The fourth-order valence-corrected chi connectivity index (χ4v) is 1.79. The molecule has 0 aliphatic rings. The number of hydrogen-bond donors (Lipinski definition) is 3. The Morgan fingerprint density at radius 2 is 2.12 bits per heavy atom. The van der Waals surface area contributed by atoms with Crippen LogP contribution in [-0.4, -0.2) is 26.6 Å². The Morgan fingerprint density at radius 3 is 2.59 bits per heavy atom. The second kappa shape index (κ2) is 5.44. The number of anilines is 1. The van der Waals surface area contributed by atoms with Gasteiger partial charge in [-0.2, -0.15) is 0 Å². The number of nitro benzene ring substituents is 1. The second-order valence-electron chi connectivity index (χ2n) is 3.69. The molecule has 1 rings (SSSR count). The zero-order valence-corrected chi connectivity index (χ0v) is 10.7. The molecule has 6 nitrogen and oxygen atoms in total. The molecule has 0 aliphatic carbocycles. The third-order valence-electron chi connectivity index (χ3n) is 2.45. The summed E-state index contributed by atoms with van der Waals surface area (Å²) in [7, 11) is 0. The Labute approximate surface area is 106 Å². The van der Waals surface area contributed by atoms with Gasteiger partial charge in [-0.15, -0.1) is 0 Å². The Balaban J connectivity index is 3.23. The number of aliphatic hydroxyl groups is 2. The Kier molecular flexibility index (Phi) is 4.44. The SMILES string of the molecule is Cc1cc(C(O)C(O)CBr)cc([N+](=O)[O-])c1N. The molecule has 0 radical (unpaired) electrons. The van der Waals surface area contributed by atoms with Crippen molar-refractivity contribution in [3.63, 3.8) is 0 Å². The van der Waals surface area contributed by atoms with Crippen molar-refractivity contribution >= 4 is 27.3 Å². The van der Waals surface area contributed by atoms with Gasteiger partial charge < -0.3 is 15.9 Å². The molecule has 7 heteroatoms. The Hall–Kier alpha value is -1.18. The van der Waals surface area contributed by atoms with Crippen molar-refractivity contribution in [3.8, 4) is 0 Å². The van der Waals surface area contributed by atoms with Crippen molar-refractivity contribution in [2.75, 3.05) is 11.1 Å². The summed E-state index contributed by atoms with van der Waals surface area (Å²) in [4.78, 5) is 10.1. The first-order chi connectivity index (χ1) is 7.88. The molecule has 4 N–H and O–H groups in total. The summed E-state index contributed by atoms with van der Waals surface area (Å²) in [5.74, 6) is 0. The number of hydrogen-bond acceptors (Lipinski definition) is 5. The summed E-state index contributed by atoms with van der Waals surface area (Å²) < 4.78 is 0. The fraction of sp³-hybridized carbons (Fsp3) is 0.400. The molecule has 0 bridgehead atoms. The lowest BCUT2D eigenvalue weighted by Gasteiger charge is -2.16. The van der Waals surface area contributed by atoms with Crippen LogP contribution >= 0.6 is 15.9 Å². The van der Waals surface area contributed by atoms with E-state index in [0.717, 1.165) is 0 Å². The Morgan fingerprint density at radius 1 is 1.53 bits per heavy atom. The van der Waals surface area contributed by atoms with Gasteiger partial charge in [0.1, 0.15) is 11.8 Å². The highest BCUT2D eigenvalue weighted by molar-refractivity contribution is 9.09. The number of benzene rings is 1. The molecule has 1 aromatic carbocycles. The van der Waals surface area contributed by atoms with Gasteiger partial charge in [0, 0.05) is 11.4 Å². The zero-order chi connectivity index (χ0) is 13.2. The number of nitro groups is 1. The van der Waals surface area contributed by atoms with E-state index in [2.05, 4.69) is 15.9 Å². The van der Waals surface area contributed by atoms with Crippen LogP contribution in [0.1, 0.15) is 17.2 Å². The highest BCUT2D eigenvalue weighted by Gasteiger charge is 2.22. The minimum atomic E-state index is -1.19. The number of rotatable bonds is 4. The molecular formula is C10H13BrN2O4. The number of halogens is 1. The van der Waals surface area contributed by atoms with Crippen LogP contribution in [0, 0.1) is 17.0 Å². The minimum Gasteiger partial charge on any atom is -0.393 e. The number of aryl methyl sites for hydroxylation is 1. The highest BCUT2D eigenvalue weighted by atomic mass is 79.9. The summed E-state index contributed by atoms with van der Waals surface area (Å²) in [6, 6.07) is 2.71. The standard InChI is InChI=1S/C10H13BrN2O4/c1-5-2-6(10(15)8(14)4-11)3-7(9(5)12)13(16)17/h2-3,8,10,14-15H,4,12H2,1H3. The summed E-state index contributed by atoms with van der Waals surface area (Å²) in [6.45, 7) is 1.61. The van der Waals surface area contributed by atoms with E-state index in [9.17, 15) is 20.3 Å². The molecule has 0 saturated carbocycles. The first-order valence-electron chi connectivity index (χ1n) is 4.85. The van der Waals surface area contributed by atoms with Crippen molar-refractivity contribution in [3.05, 3.63) is 33.4 Å². The summed E-state index contributed by atoms with van der Waals surface area (Å²) in [5, 5.41) is 30.2. The maximum Gasteiger partial charge on any atom is 0.292 e. The van der Waals surface area contributed by atoms with E-state index >= 15 is 0 Å². The topological polar surface area (TPSA) is 110 Å². The molecular weight excluding hydrogens is 292 g/mol. The van der Waals surface area contributed by atoms with Crippen molar-refractivity contribution in [2.24, 2.45) is 0 Å². The van der Waals surface area contributed by atoms with Crippen molar-refractivity contribution in [1.29, 1.82) is 0 Å². The highest BCUT2D eigenvalue weighted by Crippen LogP contribution is 2.30. The van der Waals surface area contributed by atoms with Crippen LogP contribution < -0.4 is 5.73 Å². The van der Waals surface area contributed by atoms with E-state index in [4.69, 9.17) is 5.73 Å². The average molecular weight is 305 g/mol. The predicted molar refractivity (Wildman–Crippen MR) is 67.0 cm³/mol.